The van der Waals surface area contributed by atoms with Gasteiger partial charge in [0.15, 0.2) is 0 Å². The Morgan fingerprint density at radius 2 is 2.22 bits per heavy atom. The van der Waals surface area contributed by atoms with Crippen LogP contribution in [0.1, 0.15) is 23.9 Å². The molecule has 0 fully saturated rings. The van der Waals surface area contributed by atoms with Crippen LogP contribution in [0.2, 0.25) is 0 Å². The minimum absolute atomic E-state index is 0.0388. The van der Waals surface area contributed by atoms with Gasteiger partial charge in [-0.25, -0.2) is 4.98 Å². The predicted octanol–water partition coefficient (Wildman–Crippen LogP) is 2.37. The van der Waals surface area contributed by atoms with Crippen LogP contribution < -0.4 is 4.90 Å². The summed E-state index contributed by atoms with van der Waals surface area (Å²) < 4.78 is 5.32. The minimum Gasteiger partial charge on any atom is -0.467 e. The number of hydrogen-bond acceptors (Lipinski definition) is 4. The lowest BCUT2D eigenvalue weighted by atomic mass is 10.2. The van der Waals surface area contributed by atoms with E-state index < -0.39 is 0 Å². The summed E-state index contributed by atoms with van der Waals surface area (Å²) in [6.45, 7) is 2.76. The molecule has 0 aromatic carbocycles. The highest BCUT2D eigenvalue weighted by atomic mass is 16.3. The number of aliphatic hydroxyl groups excluding tert-OH is 1. The standard InChI is InChI=1S/C14H18N2O2/c1-3-12-7-11(10-17)8-14(15-12)16(2)9-13-5-4-6-18-13/h4-8,17H,3,9-10H2,1-2H3. The van der Waals surface area contributed by atoms with E-state index in [0.717, 1.165) is 29.3 Å². The van der Waals surface area contributed by atoms with Crippen LogP contribution in [0, 0.1) is 0 Å². The maximum absolute atomic E-state index is 9.26. The van der Waals surface area contributed by atoms with Gasteiger partial charge in [0.2, 0.25) is 0 Å². The highest BCUT2D eigenvalue weighted by Crippen LogP contribution is 2.17. The van der Waals surface area contributed by atoms with E-state index in [1.165, 1.54) is 0 Å². The Morgan fingerprint density at radius 3 is 2.83 bits per heavy atom. The first-order chi connectivity index (χ1) is 8.72. The van der Waals surface area contributed by atoms with E-state index in [1.807, 2.05) is 36.2 Å². The Balaban J connectivity index is 2.20. The number of aromatic nitrogens is 1. The van der Waals surface area contributed by atoms with Gasteiger partial charge in [-0.2, -0.15) is 0 Å². The fourth-order valence-corrected chi connectivity index (χ4v) is 1.82. The monoisotopic (exact) mass is 246 g/mol. The van der Waals surface area contributed by atoms with Gasteiger partial charge in [0, 0.05) is 12.7 Å². The zero-order chi connectivity index (χ0) is 13.0. The van der Waals surface area contributed by atoms with Crippen LogP contribution in [0.5, 0.6) is 0 Å². The summed E-state index contributed by atoms with van der Waals surface area (Å²) in [5.74, 6) is 1.75. The van der Waals surface area contributed by atoms with Crippen molar-refractivity contribution in [2.45, 2.75) is 26.5 Å². The molecule has 0 saturated carbocycles. The first kappa shape index (κ1) is 12.6. The first-order valence-electron chi connectivity index (χ1n) is 6.07. The molecule has 4 nitrogen and oxygen atoms in total. The molecule has 0 bridgehead atoms. The molecule has 0 amide bonds. The summed E-state index contributed by atoms with van der Waals surface area (Å²) in [6, 6.07) is 7.65. The summed E-state index contributed by atoms with van der Waals surface area (Å²) in [5, 5.41) is 9.26. The number of aryl methyl sites for hydroxylation is 1. The van der Waals surface area contributed by atoms with Crippen molar-refractivity contribution < 1.29 is 9.52 Å². The number of hydrogen-bond donors (Lipinski definition) is 1. The third kappa shape index (κ3) is 2.90. The van der Waals surface area contributed by atoms with Gasteiger partial charge in [-0.05, 0) is 36.2 Å². The second-order valence-corrected chi connectivity index (χ2v) is 4.27. The van der Waals surface area contributed by atoms with Crippen molar-refractivity contribution in [3.05, 3.63) is 47.5 Å². The maximum Gasteiger partial charge on any atom is 0.129 e. The van der Waals surface area contributed by atoms with Crippen molar-refractivity contribution in [2.75, 3.05) is 11.9 Å². The minimum atomic E-state index is 0.0388. The molecule has 18 heavy (non-hydrogen) atoms. The summed E-state index contributed by atoms with van der Waals surface area (Å²) in [5.41, 5.74) is 1.88. The van der Waals surface area contributed by atoms with E-state index in [4.69, 9.17) is 4.42 Å². The van der Waals surface area contributed by atoms with Crippen LogP contribution in [-0.2, 0) is 19.6 Å². The van der Waals surface area contributed by atoms with Crippen molar-refractivity contribution >= 4 is 5.82 Å². The van der Waals surface area contributed by atoms with E-state index in [-0.39, 0.29) is 6.61 Å². The Bertz CT molecular complexity index is 472. The summed E-state index contributed by atoms with van der Waals surface area (Å²) in [7, 11) is 1.96. The fraction of sp³-hybridized carbons (Fsp3) is 0.357. The zero-order valence-electron chi connectivity index (χ0n) is 10.8. The lowest BCUT2D eigenvalue weighted by Gasteiger charge is -2.18. The van der Waals surface area contributed by atoms with Gasteiger partial charge in [-0.1, -0.05) is 6.92 Å². The topological polar surface area (TPSA) is 49.5 Å². The summed E-state index contributed by atoms with van der Waals surface area (Å²) in [4.78, 5) is 6.56. The molecule has 2 aromatic heterocycles. The second kappa shape index (κ2) is 5.69. The van der Waals surface area contributed by atoms with Gasteiger partial charge in [0.25, 0.3) is 0 Å². The molecule has 0 aliphatic rings. The molecule has 0 spiro atoms. The third-order valence-electron chi connectivity index (χ3n) is 2.83. The van der Waals surface area contributed by atoms with Crippen molar-refractivity contribution in [1.29, 1.82) is 0 Å². The van der Waals surface area contributed by atoms with Crippen LogP contribution in [0.15, 0.2) is 34.9 Å². The molecule has 0 aliphatic carbocycles. The molecule has 2 heterocycles. The quantitative estimate of drug-likeness (QED) is 0.880. The largest absolute Gasteiger partial charge is 0.467 e. The van der Waals surface area contributed by atoms with E-state index in [1.54, 1.807) is 6.26 Å². The molecule has 96 valence electrons. The molecular formula is C14H18N2O2. The van der Waals surface area contributed by atoms with Crippen molar-refractivity contribution in [1.82, 2.24) is 4.98 Å². The highest BCUT2D eigenvalue weighted by molar-refractivity contribution is 5.42. The van der Waals surface area contributed by atoms with Gasteiger partial charge >= 0.3 is 0 Å². The first-order valence-corrected chi connectivity index (χ1v) is 6.07. The average Bonchev–Trinajstić information content (AvgIpc) is 2.90. The Hall–Kier alpha value is -1.81. The number of anilines is 1. The molecule has 1 N–H and O–H groups in total. The molecule has 0 atom stereocenters. The van der Waals surface area contributed by atoms with Crippen molar-refractivity contribution in [2.24, 2.45) is 0 Å². The van der Waals surface area contributed by atoms with E-state index in [9.17, 15) is 5.11 Å². The van der Waals surface area contributed by atoms with Crippen molar-refractivity contribution in [3.8, 4) is 0 Å². The van der Waals surface area contributed by atoms with E-state index >= 15 is 0 Å². The van der Waals surface area contributed by atoms with Crippen LogP contribution in [0.4, 0.5) is 5.82 Å². The SMILES string of the molecule is CCc1cc(CO)cc(N(C)Cc2ccco2)n1. The Kier molecular flexibility index (Phi) is 3.99. The molecule has 4 heteroatoms. The van der Waals surface area contributed by atoms with Gasteiger partial charge < -0.3 is 14.4 Å². The van der Waals surface area contributed by atoms with Gasteiger partial charge in [0.1, 0.15) is 11.6 Å². The van der Waals surface area contributed by atoms with Crippen LogP contribution in [-0.4, -0.2) is 17.1 Å². The van der Waals surface area contributed by atoms with Crippen LogP contribution in [0.25, 0.3) is 0 Å². The number of rotatable bonds is 5. The van der Waals surface area contributed by atoms with Crippen LogP contribution >= 0.6 is 0 Å². The molecule has 0 unspecified atom stereocenters. The summed E-state index contributed by atoms with van der Waals surface area (Å²) >= 11 is 0. The maximum atomic E-state index is 9.26. The normalized spacial score (nSPS) is 10.6. The van der Waals surface area contributed by atoms with Crippen LogP contribution in [0.3, 0.4) is 0 Å². The number of pyridine rings is 1. The van der Waals surface area contributed by atoms with Crippen molar-refractivity contribution in [3.63, 3.8) is 0 Å². The zero-order valence-corrected chi connectivity index (χ0v) is 10.8. The Morgan fingerprint density at radius 1 is 1.39 bits per heavy atom. The van der Waals surface area contributed by atoms with Gasteiger partial charge in [-0.15, -0.1) is 0 Å². The predicted molar refractivity (Wildman–Crippen MR) is 70.4 cm³/mol. The highest BCUT2D eigenvalue weighted by Gasteiger charge is 2.08. The summed E-state index contributed by atoms with van der Waals surface area (Å²) in [6.07, 6.45) is 2.52. The van der Waals surface area contributed by atoms with E-state index in [2.05, 4.69) is 11.9 Å². The lowest BCUT2D eigenvalue weighted by molar-refractivity contribution is 0.281. The average molecular weight is 246 g/mol. The molecule has 2 rings (SSSR count). The number of aliphatic hydroxyl groups is 1. The molecular weight excluding hydrogens is 228 g/mol. The molecule has 2 aromatic rings. The van der Waals surface area contributed by atoms with Gasteiger partial charge in [-0.3, -0.25) is 0 Å². The number of nitrogens with zero attached hydrogens (tertiary/aromatic N) is 2. The second-order valence-electron chi connectivity index (χ2n) is 4.27. The molecule has 0 saturated heterocycles. The third-order valence-corrected chi connectivity index (χ3v) is 2.83. The molecule has 0 aliphatic heterocycles. The smallest absolute Gasteiger partial charge is 0.129 e. The van der Waals surface area contributed by atoms with Gasteiger partial charge in [0.05, 0.1) is 19.4 Å². The fourth-order valence-electron chi connectivity index (χ4n) is 1.82. The lowest BCUT2D eigenvalue weighted by Crippen LogP contribution is -2.18. The number of furan rings is 1. The Labute approximate surface area is 107 Å². The van der Waals surface area contributed by atoms with E-state index in [0.29, 0.717) is 6.54 Å². The molecule has 0 radical (unpaired) electrons.